The third kappa shape index (κ3) is 4.15. The van der Waals surface area contributed by atoms with Crippen molar-refractivity contribution in [3.05, 3.63) is 0 Å². The van der Waals surface area contributed by atoms with Crippen molar-refractivity contribution < 1.29 is 4.74 Å². The van der Waals surface area contributed by atoms with Crippen LogP contribution in [0.4, 0.5) is 0 Å². The minimum atomic E-state index is 0.207. The zero-order chi connectivity index (χ0) is 14.5. The van der Waals surface area contributed by atoms with E-state index in [-0.39, 0.29) is 5.60 Å². The molecule has 0 aromatic rings. The van der Waals surface area contributed by atoms with Crippen LogP contribution in [-0.4, -0.2) is 29.8 Å². The molecule has 0 aromatic carbocycles. The Bertz CT molecular complexity index is 308. The fourth-order valence-corrected chi connectivity index (χ4v) is 5.90. The molecule has 3 N–H and O–H groups in total. The van der Waals surface area contributed by atoms with Gasteiger partial charge in [0, 0.05) is 12.6 Å². The van der Waals surface area contributed by atoms with E-state index < -0.39 is 0 Å². The Morgan fingerprint density at radius 1 is 1.14 bits per heavy atom. The number of hydrazine groups is 1. The van der Waals surface area contributed by atoms with Crippen molar-refractivity contribution in [3.8, 4) is 0 Å². The summed E-state index contributed by atoms with van der Waals surface area (Å²) >= 11 is 2.11. The van der Waals surface area contributed by atoms with Crippen LogP contribution in [0.25, 0.3) is 0 Å². The van der Waals surface area contributed by atoms with Crippen molar-refractivity contribution in [2.24, 2.45) is 17.7 Å². The van der Waals surface area contributed by atoms with Gasteiger partial charge in [0.1, 0.15) is 0 Å². The molecule has 122 valence electrons. The van der Waals surface area contributed by atoms with Crippen LogP contribution < -0.4 is 11.3 Å². The average Bonchev–Trinajstić information content (AvgIpc) is 2.54. The normalized spacial score (nSPS) is 32.1. The van der Waals surface area contributed by atoms with E-state index >= 15 is 0 Å². The Morgan fingerprint density at radius 3 is 2.62 bits per heavy atom. The van der Waals surface area contributed by atoms with Crippen molar-refractivity contribution in [1.82, 2.24) is 5.43 Å². The number of rotatable bonds is 4. The summed E-state index contributed by atoms with van der Waals surface area (Å²) in [5.74, 6) is 10.2. The highest BCUT2D eigenvalue weighted by Crippen LogP contribution is 2.42. The molecule has 1 spiro atoms. The van der Waals surface area contributed by atoms with Gasteiger partial charge in [0.15, 0.2) is 0 Å². The summed E-state index contributed by atoms with van der Waals surface area (Å²) in [4.78, 5) is 0. The second kappa shape index (κ2) is 7.67. The van der Waals surface area contributed by atoms with Gasteiger partial charge in [-0.05, 0) is 68.3 Å². The average molecular weight is 313 g/mol. The first kappa shape index (κ1) is 16.1. The number of thioether (sulfide) groups is 1. The van der Waals surface area contributed by atoms with Gasteiger partial charge in [0.25, 0.3) is 0 Å². The number of nitrogens with two attached hydrogens (primary N) is 1. The molecule has 0 aromatic heterocycles. The van der Waals surface area contributed by atoms with E-state index in [1.807, 2.05) is 0 Å². The predicted molar refractivity (Wildman–Crippen MR) is 90.3 cm³/mol. The van der Waals surface area contributed by atoms with Gasteiger partial charge in [-0.15, -0.1) is 0 Å². The largest absolute Gasteiger partial charge is 0.375 e. The smallest absolute Gasteiger partial charge is 0.0685 e. The standard InChI is InChI=1S/C17H32N2OS/c18-19-16(12-14-5-10-21-11-6-14)15-4-9-20-17(13-15)7-2-1-3-8-17/h14-16,19H,1-13,18H2. The van der Waals surface area contributed by atoms with Crippen LogP contribution in [0.3, 0.4) is 0 Å². The number of ether oxygens (including phenoxy) is 1. The topological polar surface area (TPSA) is 47.3 Å². The highest BCUT2D eigenvalue weighted by Gasteiger charge is 2.41. The Morgan fingerprint density at radius 2 is 1.90 bits per heavy atom. The van der Waals surface area contributed by atoms with Crippen LogP contribution in [0.1, 0.15) is 64.2 Å². The third-order valence-corrected chi connectivity index (χ3v) is 7.06. The minimum absolute atomic E-state index is 0.207. The second-order valence-corrected chi connectivity index (χ2v) is 8.63. The van der Waals surface area contributed by atoms with E-state index in [1.54, 1.807) is 0 Å². The molecule has 3 fully saturated rings. The van der Waals surface area contributed by atoms with Crippen LogP contribution in [0.2, 0.25) is 0 Å². The second-order valence-electron chi connectivity index (χ2n) is 7.41. The van der Waals surface area contributed by atoms with E-state index in [0.717, 1.165) is 18.4 Å². The van der Waals surface area contributed by atoms with Crippen molar-refractivity contribution in [2.75, 3.05) is 18.1 Å². The SMILES string of the molecule is NNC(CC1CCSCC1)C1CCOC2(CCCCC2)C1. The molecule has 0 bridgehead atoms. The maximum atomic E-state index is 6.25. The maximum absolute atomic E-state index is 6.25. The van der Waals surface area contributed by atoms with Gasteiger partial charge in [-0.2, -0.15) is 11.8 Å². The number of hydrogen-bond acceptors (Lipinski definition) is 4. The Kier molecular flexibility index (Phi) is 5.88. The number of nitrogens with one attached hydrogen (secondary N) is 1. The summed E-state index contributed by atoms with van der Waals surface area (Å²) in [6.45, 7) is 0.948. The summed E-state index contributed by atoms with van der Waals surface area (Å²) in [5.41, 5.74) is 3.39. The molecule has 1 aliphatic carbocycles. The zero-order valence-electron chi connectivity index (χ0n) is 13.3. The van der Waals surface area contributed by atoms with Crippen molar-refractivity contribution in [1.29, 1.82) is 0 Å². The van der Waals surface area contributed by atoms with Gasteiger partial charge < -0.3 is 4.74 Å². The van der Waals surface area contributed by atoms with Crippen LogP contribution in [0.15, 0.2) is 0 Å². The molecule has 21 heavy (non-hydrogen) atoms. The molecular formula is C17H32N2OS. The highest BCUT2D eigenvalue weighted by molar-refractivity contribution is 7.99. The molecule has 3 rings (SSSR count). The molecular weight excluding hydrogens is 280 g/mol. The van der Waals surface area contributed by atoms with E-state index in [4.69, 9.17) is 10.6 Å². The Hall–Kier alpha value is 0.230. The Labute approximate surface area is 134 Å². The fraction of sp³-hybridized carbons (Fsp3) is 1.00. The van der Waals surface area contributed by atoms with Gasteiger partial charge in [-0.1, -0.05) is 19.3 Å². The lowest BCUT2D eigenvalue weighted by Crippen LogP contribution is -2.50. The lowest BCUT2D eigenvalue weighted by Gasteiger charge is -2.46. The fourth-order valence-electron chi connectivity index (χ4n) is 4.69. The monoisotopic (exact) mass is 312 g/mol. The lowest BCUT2D eigenvalue weighted by atomic mass is 9.73. The van der Waals surface area contributed by atoms with Crippen molar-refractivity contribution in [2.45, 2.75) is 75.9 Å². The van der Waals surface area contributed by atoms with E-state index in [1.165, 1.54) is 75.7 Å². The summed E-state index contributed by atoms with van der Waals surface area (Å²) in [6.07, 6.45) is 13.1. The molecule has 1 saturated carbocycles. The minimum Gasteiger partial charge on any atom is -0.375 e. The molecule has 2 saturated heterocycles. The molecule has 2 heterocycles. The van der Waals surface area contributed by atoms with E-state index in [2.05, 4.69) is 17.2 Å². The maximum Gasteiger partial charge on any atom is 0.0685 e. The van der Waals surface area contributed by atoms with Crippen LogP contribution >= 0.6 is 11.8 Å². The van der Waals surface area contributed by atoms with Gasteiger partial charge >= 0.3 is 0 Å². The third-order valence-electron chi connectivity index (χ3n) is 6.01. The van der Waals surface area contributed by atoms with Crippen LogP contribution in [0.5, 0.6) is 0 Å². The molecule has 3 aliphatic rings. The summed E-state index contributed by atoms with van der Waals surface area (Å²) in [6, 6.07) is 0.501. The highest BCUT2D eigenvalue weighted by atomic mass is 32.2. The van der Waals surface area contributed by atoms with E-state index in [9.17, 15) is 0 Å². The first-order valence-electron chi connectivity index (χ1n) is 8.99. The molecule has 2 atom stereocenters. The summed E-state index contributed by atoms with van der Waals surface area (Å²) < 4.78 is 6.25. The van der Waals surface area contributed by atoms with Gasteiger partial charge in [0.05, 0.1) is 5.60 Å². The number of hydrogen-bond donors (Lipinski definition) is 2. The van der Waals surface area contributed by atoms with Gasteiger partial charge in [-0.25, -0.2) is 0 Å². The molecule has 2 aliphatic heterocycles. The van der Waals surface area contributed by atoms with Crippen LogP contribution in [0, 0.1) is 11.8 Å². The molecule has 4 heteroatoms. The Balaban J connectivity index is 1.57. The van der Waals surface area contributed by atoms with Gasteiger partial charge in [-0.3, -0.25) is 11.3 Å². The quantitative estimate of drug-likeness (QED) is 0.616. The summed E-state index contributed by atoms with van der Waals surface area (Å²) in [7, 11) is 0. The molecule has 3 nitrogen and oxygen atoms in total. The van der Waals surface area contributed by atoms with Gasteiger partial charge in [0.2, 0.25) is 0 Å². The molecule has 0 radical (unpaired) electrons. The molecule has 0 amide bonds. The summed E-state index contributed by atoms with van der Waals surface area (Å²) in [5, 5.41) is 0. The van der Waals surface area contributed by atoms with E-state index in [0.29, 0.717) is 6.04 Å². The van der Waals surface area contributed by atoms with Crippen LogP contribution in [-0.2, 0) is 4.74 Å². The van der Waals surface area contributed by atoms with Crippen molar-refractivity contribution in [3.63, 3.8) is 0 Å². The molecule has 2 unspecified atom stereocenters. The first-order valence-corrected chi connectivity index (χ1v) is 10.1. The van der Waals surface area contributed by atoms with Crippen molar-refractivity contribution >= 4 is 11.8 Å². The zero-order valence-corrected chi connectivity index (χ0v) is 14.1. The predicted octanol–water partition coefficient (Wildman–Crippen LogP) is 3.48. The lowest BCUT2D eigenvalue weighted by molar-refractivity contribution is -0.122. The first-order chi connectivity index (χ1) is 10.3.